The van der Waals surface area contributed by atoms with Crippen molar-refractivity contribution in [2.75, 3.05) is 6.54 Å². The molecule has 0 aromatic heterocycles. The molecule has 1 aliphatic heterocycles. The van der Waals surface area contributed by atoms with E-state index in [1.165, 1.54) is 0 Å². The number of aliphatic hydroxyl groups excluding tert-OH is 1. The molecule has 0 bridgehead atoms. The topological polar surface area (TPSA) is 100 Å². The van der Waals surface area contributed by atoms with Gasteiger partial charge in [0.05, 0.1) is 5.70 Å². The zero-order valence-electron chi connectivity index (χ0n) is 16.5. The number of guanidine groups is 1. The number of carbonyl (C=O) groups is 1. The lowest BCUT2D eigenvalue weighted by molar-refractivity contribution is 0.0558. The minimum Gasteiger partial charge on any atom is -0.514 e. The molecule has 1 aliphatic rings. The Kier molecular flexibility index (Phi) is 6.85. The van der Waals surface area contributed by atoms with Crippen LogP contribution in [0.25, 0.3) is 0 Å². The van der Waals surface area contributed by atoms with Crippen molar-refractivity contribution in [3.05, 3.63) is 47.9 Å². The van der Waals surface area contributed by atoms with Gasteiger partial charge < -0.3 is 20.5 Å². The van der Waals surface area contributed by atoms with E-state index in [1.54, 1.807) is 20.8 Å². The van der Waals surface area contributed by atoms with Gasteiger partial charge in [-0.05, 0) is 46.1 Å². The average molecular weight is 374 g/mol. The van der Waals surface area contributed by atoms with Gasteiger partial charge in [-0.25, -0.2) is 9.79 Å². The van der Waals surface area contributed by atoms with E-state index in [4.69, 9.17) is 10.5 Å². The number of aliphatic imine (C=N–C) groups is 1. The molecule has 0 aliphatic carbocycles. The molecule has 1 amide bonds. The molecule has 0 radical (unpaired) electrons. The fraction of sp³-hybridized carbons (Fsp3) is 0.500. The number of nitrogens with zero attached hydrogens (tertiary/aromatic N) is 2. The van der Waals surface area contributed by atoms with E-state index in [0.717, 1.165) is 24.7 Å². The third-order valence-electron chi connectivity index (χ3n) is 4.00. The third-order valence-corrected chi connectivity index (χ3v) is 4.00. The summed E-state index contributed by atoms with van der Waals surface area (Å²) in [5.74, 6) is 0.364. The Bertz CT molecular complexity index is 693. The van der Waals surface area contributed by atoms with Gasteiger partial charge in [-0.1, -0.05) is 30.3 Å². The Balaban J connectivity index is 2.24. The van der Waals surface area contributed by atoms with E-state index in [0.29, 0.717) is 18.2 Å². The smallest absolute Gasteiger partial charge is 0.414 e. The number of amides is 1. The second-order valence-electron chi connectivity index (χ2n) is 7.72. The first-order valence-electron chi connectivity index (χ1n) is 9.21. The summed E-state index contributed by atoms with van der Waals surface area (Å²) in [4.78, 5) is 18.7. The van der Waals surface area contributed by atoms with Crippen LogP contribution in [0.15, 0.2) is 47.3 Å². The normalized spacial score (nSPS) is 19.7. The second kappa shape index (κ2) is 8.90. The van der Waals surface area contributed by atoms with Crippen LogP contribution in [0.1, 0.15) is 52.1 Å². The van der Waals surface area contributed by atoms with Gasteiger partial charge in [-0.3, -0.25) is 5.32 Å². The fourth-order valence-electron chi connectivity index (χ4n) is 2.85. The summed E-state index contributed by atoms with van der Waals surface area (Å²) in [5.41, 5.74) is 6.77. The van der Waals surface area contributed by atoms with Gasteiger partial charge >= 0.3 is 6.09 Å². The summed E-state index contributed by atoms with van der Waals surface area (Å²) in [6.45, 7) is 7.93. The zero-order chi connectivity index (χ0) is 20.0. The predicted octanol–water partition coefficient (Wildman–Crippen LogP) is 3.45. The minimum atomic E-state index is -0.614. The molecule has 2 atom stereocenters. The van der Waals surface area contributed by atoms with E-state index in [2.05, 4.69) is 10.3 Å². The number of carbonyl (C=O) groups excluding carboxylic acids is 1. The van der Waals surface area contributed by atoms with Crippen molar-refractivity contribution in [2.24, 2.45) is 10.7 Å². The first-order valence-corrected chi connectivity index (χ1v) is 9.21. The molecule has 148 valence electrons. The molecule has 1 aromatic rings. The lowest BCUT2D eigenvalue weighted by Gasteiger charge is -2.25. The van der Waals surface area contributed by atoms with E-state index in [9.17, 15) is 9.90 Å². The van der Waals surface area contributed by atoms with Crippen molar-refractivity contribution >= 4 is 12.1 Å². The van der Waals surface area contributed by atoms with Crippen LogP contribution < -0.4 is 11.1 Å². The van der Waals surface area contributed by atoms with Crippen LogP contribution >= 0.6 is 0 Å². The predicted molar refractivity (Wildman–Crippen MR) is 106 cm³/mol. The lowest BCUT2D eigenvalue weighted by Crippen LogP contribution is -2.43. The Labute approximate surface area is 160 Å². The number of aliphatic hydroxyl groups is 1. The fourth-order valence-corrected chi connectivity index (χ4v) is 2.85. The number of nitrogens with one attached hydrogen (secondary N) is 1. The van der Waals surface area contributed by atoms with E-state index < -0.39 is 17.7 Å². The van der Waals surface area contributed by atoms with Crippen molar-refractivity contribution in [1.29, 1.82) is 0 Å². The molecule has 7 nitrogen and oxygen atoms in total. The molecule has 1 aromatic carbocycles. The van der Waals surface area contributed by atoms with Crippen molar-refractivity contribution < 1.29 is 14.6 Å². The van der Waals surface area contributed by atoms with Crippen molar-refractivity contribution in [2.45, 2.75) is 58.2 Å². The van der Waals surface area contributed by atoms with Crippen molar-refractivity contribution in [1.82, 2.24) is 10.2 Å². The lowest BCUT2D eigenvalue weighted by atomic mass is 10.1. The highest BCUT2D eigenvalue weighted by Gasteiger charge is 2.33. The molecule has 1 heterocycles. The Morgan fingerprint density at radius 1 is 1.41 bits per heavy atom. The SMILES string of the molecule is CC(N)CCCN1C(=CO)C(c2ccccc2)N=C1NC(=O)OC(C)(C)C. The standard InChI is InChI=1S/C20H30N4O3/c1-14(21)9-8-12-24-16(13-25)17(15-10-6-5-7-11-15)22-18(24)23-19(26)27-20(2,3)4/h5-7,10-11,13-14,17,25H,8-9,12,21H2,1-4H3,(H,22,23,26). The molecule has 0 fully saturated rings. The summed E-state index contributed by atoms with van der Waals surface area (Å²) in [5, 5.41) is 12.6. The quantitative estimate of drug-likeness (QED) is 0.686. The number of rotatable bonds is 5. The molecule has 2 unspecified atom stereocenters. The van der Waals surface area contributed by atoms with Crippen molar-refractivity contribution in [3.8, 4) is 0 Å². The van der Waals surface area contributed by atoms with Gasteiger partial charge in [0.2, 0.25) is 5.96 Å². The van der Waals surface area contributed by atoms with Crippen LogP contribution in [0, 0.1) is 0 Å². The summed E-state index contributed by atoms with van der Waals surface area (Å²) in [6.07, 6.45) is 2.09. The van der Waals surface area contributed by atoms with Crippen LogP contribution in [0.4, 0.5) is 4.79 Å². The maximum Gasteiger partial charge on any atom is 0.414 e. The van der Waals surface area contributed by atoms with Crippen LogP contribution in [0.3, 0.4) is 0 Å². The largest absolute Gasteiger partial charge is 0.514 e. The first-order chi connectivity index (χ1) is 12.7. The second-order valence-corrected chi connectivity index (χ2v) is 7.72. The third kappa shape index (κ3) is 5.99. The van der Waals surface area contributed by atoms with Gasteiger partial charge in [0.1, 0.15) is 17.9 Å². The zero-order valence-corrected chi connectivity index (χ0v) is 16.5. The van der Waals surface area contributed by atoms with Gasteiger partial charge in [0.15, 0.2) is 0 Å². The number of alkyl carbamates (subject to hydrolysis) is 1. The van der Waals surface area contributed by atoms with E-state index in [-0.39, 0.29) is 6.04 Å². The molecular weight excluding hydrogens is 344 g/mol. The van der Waals surface area contributed by atoms with Gasteiger partial charge in [0, 0.05) is 12.6 Å². The van der Waals surface area contributed by atoms with Crippen LogP contribution in [-0.2, 0) is 4.74 Å². The maximum absolute atomic E-state index is 12.2. The van der Waals surface area contributed by atoms with Crippen LogP contribution in [-0.4, -0.2) is 40.2 Å². The molecule has 7 heteroatoms. The summed E-state index contributed by atoms with van der Waals surface area (Å²) in [6, 6.07) is 9.32. The highest BCUT2D eigenvalue weighted by Crippen LogP contribution is 2.34. The highest BCUT2D eigenvalue weighted by molar-refractivity contribution is 5.96. The Hall–Kier alpha value is -2.54. The Morgan fingerprint density at radius 2 is 2.07 bits per heavy atom. The van der Waals surface area contributed by atoms with Gasteiger partial charge in [-0.15, -0.1) is 0 Å². The van der Waals surface area contributed by atoms with Crippen LogP contribution in [0.2, 0.25) is 0 Å². The van der Waals surface area contributed by atoms with Crippen molar-refractivity contribution in [3.63, 3.8) is 0 Å². The molecule has 2 rings (SSSR count). The number of hydrogen-bond acceptors (Lipinski definition) is 6. The van der Waals surface area contributed by atoms with E-state index >= 15 is 0 Å². The molecule has 0 saturated carbocycles. The molecule has 0 spiro atoms. The minimum absolute atomic E-state index is 0.0817. The number of hydrogen-bond donors (Lipinski definition) is 3. The number of ether oxygens (including phenoxy) is 1. The molecule has 4 N–H and O–H groups in total. The monoisotopic (exact) mass is 374 g/mol. The molecule has 0 saturated heterocycles. The highest BCUT2D eigenvalue weighted by atomic mass is 16.6. The van der Waals surface area contributed by atoms with Crippen LogP contribution in [0.5, 0.6) is 0 Å². The summed E-state index contributed by atoms with van der Waals surface area (Å²) >= 11 is 0. The van der Waals surface area contributed by atoms with E-state index in [1.807, 2.05) is 42.2 Å². The maximum atomic E-state index is 12.2. The average Bonchev–Trinajstić information content (AvgIpc) is 2.91. The Morgan fingerprint density at radius 3 is 2.63 bits per heavy atom. The summed E-state index contributed by atoms with van der Waals surface area (Å²) < 4.78 is 5.34. The number of nitrogens with two attached hydrogens (primary N) is 1. The first kappa shape index (κ1) is 20.8. The van der Waals surface area contributed by atoms with Gasteiger partial charge in [-0.2, -0.15) is 0 Å². The molecular formula is C20H30N4O3. The molecule has 27 heavy (non-hydrogen) atoms. The summed E-state index contributed by atoms with van der Waals surface area (Å²) in [7, 11) is 0. The number of benzene rings is 1. The van der Waals surface area contributed by atoms with Gasteiger partial charge in [0.25, 0.3) is 0 Å².